The fourth-order valence-electron chi connectivity index (χ4n) is 1.35. The highest BCUT2D eigenvalue weighted by Gasteiger charge is 2.07. The molecule has 0 radical (unpaired) electrons. The van der Waals surface area contributed by atoms with E-state index in [0.29, 0.717) is 18.0 Å². The molecule has 0 bridgehead atoms. The largest absolute Gasteiger partial charge is 0.399 e. The average Bonchev–Trinajstić information content (AvgIpc) is 2.23. The van der Waals surface area contributed by atoms with Gasteiger partial charge in [-0.25, -0.2) is 0 Å². The van der Waals surface area contributed by atoms with E-state index in [0.717, 1.165) is 5.69 Å². The first-order valence-corrected chi connectivity index (χ1v) is 4.35. The van der Waals surface area contributed by atoms with Crippen LogP contribution in [0, 0.1) is 0 Å². The number of nitrogens with zero attached hydrogens (tertiary/aromatic N) is 2. The lowest BCUT2D eigenvalue weighted by molar-refractivity contribution is 0.972. The van der Waals surface area contributed by atoms with Gasteiger partial charge in [0.1, 0.15) is 6.67 Å². The summed E-state index contributed by atoms with van der Waals surface area (Å²) in [6.45, 7) is 0.587. The van der Waals surface area contributed by atoms with Crippen LogP contribution in [0.1, 0.15) is 0 Å². The monoisotopic (exact) mass is 188 g/mol. The molecule has 0 spiro atoms. The van der Waals surface area contributed by atoms with Crippen molar-refractivity contribution in [3.63, 3.8) is 0 Å². The number of hydrogen-bond acceptors (Lipinski definition) is 4. The topological polar surface area (TPSA) is 67.6 Å². The van der Waals surface area contributed by atoms with Crippen molar-refractivity contribution < 1.29 is 0 Å². The van der Waals surface area contributed by atoms with E-state index in [-0.39, 0.29) is 0 Å². The molecule has 1 aromatic rings. The highest BCUT2D eigenvalue weighted by Crippen LogP contribution is 2.26. The second-order valence-corrected chi connectivity index (χ2v) is 3.10. The summed E-state index contributed by atoms with van der Waals surface area (Å²) in [5.41, 5.74) is 13.8. The number of nitrogen functional groups attached to an aromatic ring is 2. The molecule has 4 heteroatoms. The molecule has 72 valence electrons. The quantitative estimate of drug-likeness (QED) is 0.651. The molecular weight excluding hydrogens is 176 g/mol. The molecule has 0 atom stereocenters. The molecular formula is C10H12N4. The van der Waals surface area contributed by atoms with Crippen molar-refractivity contribution in [1.82, 2.24) is 0 Å². The van der Waals surface area contributed by atoms with Crippen LogP contribution in [0.2, 0.25) is 0 Å². The molecule has 14 heavy (non-hydrogen) atoms. The first-order valence-electron chi connectivity index (χ1n) is 4.35. The van der Waals surface area contributed by atoms with Gasteiger partial charge in [0, 0.05) is 18.1 Å². The van der Waals surface area contributed by atoms with Crippen LogP contribution < -0.4 is 16.4 Å². The molecule has 0 aliphatic carbocycles. The molecule has 0 aromatic heterocycles. The SMILES string of the molecule is Nc1ccc(N)c(N2C=CC=NC2)c1. The van der Waals surface area contributed by atoms with Crippen molar-refractivity contribution in [3.05, 3.63) is 30.5 Å². The Balaban J connectivity index is 2.35. The van der Waals surface area contributed by atoms with Crippen molar-refractivity contribution in [1.29, 1.82) is 0 Å². The van der Waals surface area contributed by atoms with Crippen molar-refractivity contribution in [2.24, 2.45) is 4.99 Å². The van der Waals surface area contributed by atoms with Gasteiger partial charge < -0.3 is 16.4 Å². The summed E-state index contributed by atoms with van der Waals surface area (Å²) in [5, 5.41) is 0. The molecule has 0 saturated heterocycles. The van der Waals surface area contributed by atoms with Crippen molar-refractivity contribution in [2.45, 2.75) is 0 Å². The number of aliphatic imine (C=N–C) groups is 1. The van der Waals surface area contributed by atoms with E-state index in [9.17, 15) is 0 Å². The van der Waals surface area contributed by atoms with Gasteiger partial charge in [-0.3, -0.25) is 4.99 Å². The van der Waals surface area contributed by atoms with Crippen LogP contribution in [-0.2, 0) is 0 Å². The van der Waals surface area contributed by atoms with Gasteiger partial charge in [0.2, 0.25) is 0 Å². The van der Waals surface area contributed by atoms with E-state index in [2.05, 4.69) is 4.99 Å². The zero-order valence-corrected chi connectivity index (χ0v) is 7.72. The van der Waals surface area contributed by atoms with Gasteiger partial charge >= 0.3 is 0 Å². The van der Waals surface area contributed by atoms with E-state index in [1.807, 2.05) is 23.2 Å². The minimum atomic E-state index is 0.587. The van der Waals surface area contributed by atoms with Crippen LogP contribution in [0.25, 0.3) is 0 Å². The number of allylic oxidation sites excluding steroid dienone is 1. The van der Waals surface area contributed by atoms with E-state index < -0.39 is 0 Å². The lowest BCUT2D eigenvalue weighted by Gasteiger charge is -2.21. The summed E-state index contributed by atoms with van der Waals surface area (Å²) >= 11 is 0. The van der Waals surface area contributed by atoms with Crippen LogP contribution in [-0.4, -0.2) is 12.9 Å². The Hall–Kier alpha value is -1.97. The second-order valence-electron chi connectivity index (χ2n) is 3.10. The van der Waals surface area contributed by atoms with Crippen LogP contribution >= 0.6 is 0 Å². The fourth-order valence-corrected chi connectivity index (χ4v) is 1.35. The number of nitrogens with two attached hydrogens (primary N) is 2. The first kappa shape index (κ1) is 8.62. The summed E-state index contributed by atoms with van der Waals surface area (Å²) in [6.07, 6.45) is 5.56. The van der Waals surface area contributed by atoms with Crippen LogP contribution in [0.3, 0.4) is 0 Å². The summed E-state index contributed by atoms with van der Waals surface area (Å²) in [6, 6.07) is 5.44. The third-order valence-corrected chi connectivity index (χ3v) is 2.06. The van der Waals surface area contributed by atoms with Crippen LogP contribution in [0.5, 0.6) is 0 Å². The average molecular weight is 188 g/mol. The van der Waals surface area contributed by atoms with Crippen molar-refractivity contribution >= 4 is 23.3 Å². The van der Waals surface area contributed by atoms with Gasteiger partial charge in [-0.15, -0.1) is 0 Å². The molecule has 0 amide bonds. The lowest BCUT2D eigenvalue weighted by Crippen LogP contribution is -2.19. The van der Waals surface area contributed by atoms with Crippen LogP contribution in [0.4, 0.5) is 17.1 Å². The van der Waals surface area contributed by atoms with Crippen molar-refractivity contribution in [3.8, 4) is 0 Å². The summed E-state index contributed by atoms with van der Waals surface area (Å²) in [4.78, 5) is 6.07. The maximum absolute atomic E-state index is 5.84. The second kappa shape index (κ2) is 3.41. The molecule has 1 aliphatic heterocycles. The fraction of sp³-hybridized carbons (Fsp3) is 0.100. The third-order valence-electron chi connectivity index (χ3n) is 2.06. The summed E-state index contributed by atoms with van der Waals surface area (Å²) in [5.74, 6) is 0. The highest BCUT2D eigenvalue weighted by molar-refractivity contribution is 5.78. The smallest absolute Gasteiger partial charge is 0.114 e. The van der Waals surface area contributed by atoms with Gasteiger partial charge in [-0.2, -0.15) is 0 Å². The predicted molar refractivity (Wildman–Crippen MR) is 60.2 cm³/mol. The first-order chi connectivity index (χ1) is 6.77. The maximum Gasteiger partial charge on any atom is 0.114 e. The molecule has 1 aliphatic rings. The Morgan fingerprint density at radius 3 is 2.86 bits per heavy atom. The van der Waals surface area contributed by atoms with E-state index in [1.165, 1.54) is 0 Å². The van der Waals surface area contributed by atoms with Gasteiger partial charge in [0.15, 0.2) is 0 Å². The Morgan fingerprint density at radius 1 is 1.29 bits per heavy atom. The van der Waals surface area contributed by atoms with Crippen molar-refractivity contribution in [2.75, 3.05) is 23.0 Å². The number of hydrogen-bond donors (Lipinski definition) is 2. The van der Waals surface area contributed by atoms with Gasteiger partial charge in [0.25, 0.3) is 0 Å². The number of benzene rings is 1. The molecule has 1 heterocycles. The molecule has 2 rings (SSSR count). The highest BCUT2D eigenvalue weighted by atomic mass is 15.2. The lowest BCUT2D eigenvalue weighted by atomic mass is 10.2. The zero-order valence-electron chi connectivity index (χ0n) is 7.72. The summed E-state index contributed by atoms with van der Waals surface area (Å²) < 4.78 is 0. The molecule has 0 fully saturated rings. The van der Waals surface area contributed by atoms with E-state index >= 15 is 0 Å². The Kier molecular flexibility index (Phi) is 2.10. The third kappa shape index (κ3) is 1.54. The molecule has 4 N–H and O–H groups in total. The van der Waals surface area contributed by atoms with Gasteiger partial charge in [-0.1, -0.05) is 0 Å². The van der Waals surface area contributed by atoms with Gasteiger partial charge in [-0.05, 0) is 24.3 Å². The normalized spacial score (nSPS) is 14.7. The number of anilines is 3. The molecule has 0 unspecified atom stereocenters. The summed E-state index contributed by atoms with van der Waals surface area (Å²) in [7, 11) is 0. The van der Waals surface area contributed by atoms with E-state index in [4.69, 9.17) is 11.5 Å². The molecule has 4 nitrogen and oxygen atoms in total. The van der Waals surface area contributed by atoms with Crippen LogP contribution in [0.15, 0.2) is 35.5 Å². The minimum absolute atomic E-state index is 0.587. The Bertz CT molecular complexity index is 395. The Labute approximate surface area is 82.5 Å². The number of rotatable bonds is 1. The standard InChI is InChI=1S/C10H12N4/c11-8-2-3-9(12)10(6-8)14-5-1-4-13-7-14/h1-6H,7,11-12H2. The molecule has 0 saturated carbocycles. The predicted octanol–water partition coefficient (Wildman–Crippen LogP) is 1.21. The minimum Gasteiger partial charge on any atom is -0.399 e. The Morgan fingerprint density at radius 2 is 2.14 bits per heavy atom. The van der Waals surface area contributed by atoms with Gasteiger partial charge in [0.05, 0.1) is 11.4 Å². The molecule has 1 aromatic carbocycles. The maximum atomic E-state index is 5.84. The zero-order chi connectivity index (χ0) is 9.97. The van der Waals surface area contributed by atoms with E-state index in [1.54, 1.807) is 18.3 Å².